The van der Waals surface area contributed by atoms with E-state index in [1.165, 1.54) is 4.31 Å². The first kappa shape index (κ1) is 16.1. The number of anilines is 1. The summed E-state index contributed by atoms with van der Waals surface area (Å²) in [5.41, 5.74) is 0.457. The van der Waals surface area contributed by atoms with Gasteiger partial charge in [0.05, 0.1) is 24.6 Å². The molecule has 2 aliphatic rings. The molecule has 2 aliphatic heterocycles. The first-order chi connectivity index (χ1) is 10.9. The number of rotatable bonds is 4. The number of carbonyl (C=O) groups is 1. The lowest BCUT2D eigenvalue weighted by molar-refractivity contribution is -0.128. The van der Waals surface area contributed by atoms with Gasteiger partial charge >= 0.3 is 0 Å². The van der Waals surface area contributed by atoms with Crippen molar-refractivity contribution < 1.29 is 22.7 Å². The molecule has 0 unspecified atom stereocenters. The Bertz CT molecular complexity index is 685. The van der Waals surface area contributed by atoms with E-state index in [1.807, 2.05) is 0 Å². The zero-order valence-corrected chi connectivity index (χ0v) is 13.7. The number of benzene rings is 1. The minimum Gasteiger partial charge on any atom is -0.476 e. The molecule has 0 bridgehead atoms. The van der Waals surface area contributed by atoms with Gasteiger partial charge in [-0.2, -0.15) is 0 Å². The molecule has 1 aromatic carbocycles. The van der Waals surface area contributed by atoms with E-state index >= 15 is 0 Å². The summed E-state index contributed by atoms with van der Waals surface area (Å²) in [7, 11) is -3.49. The third-order valence-corrected chi connectivity index (χ3v) is 5.10. The second kappa shape index (κ2) is 6.37. The minimum absolute atomic E-state index is 0.0286. The summed E-state index contributed by atoms with van der Waals surface area (Å²) in [5.74, 6) is 0.0603. The number of hydrogen-bond donors (Lipinski definition) is 1. The van der Waals surface area contributed by atoms with Gasteiger partial charge in [0.15, 0.2) is 6.10 Å². The Labute approximate surface area is 135 Å². The zero-order valence-electron chi connectivity index (χ0n) is 12.9. The number of ether oxygens (including phenoxy) is 2. The molecule has 7 nitrogen and oxygen atoms in total. The highest BCUT2D eigenvalue weighted by atomic mass is 32.2. The molecule has 0 spiro atoms. The van der Waals surface area contributed by atoms with Crippen molar-refractivity contribution in [2.75, 3.05) is 30.3 Å². The van der Waals surface area contributed by atoms with Gasteiger partial charge in [0.25, 0.3) is 5.91 Å². The maximum Gasteiger partial charge on any atom is 0.263 e. The molecule has 0 radical (unpaired) electrons. The van der Waals surface area contributed by atoms with Crippen molar-refractivity contribution in [3.05, 3.63) is 24.3 Å². The second-order valence-electron chi connectivity index (χ2n) is 5.75. The van der Waals surface area contributed by atoms with Gasteiger partial charge in [0.1, 0.15) is 5.75 Å². The van der Waals surface area contributed by atoms with Crippen LogP contribution in [0.4, 0.5) is 5.69 Å². The Hall–Kier alpha value is -1.80. The predicted molar refractivity (Wildman–Crippen MR) is 85.0 cm³/mol. The number of fused-ring (bicyclic) bond motifs is 1. The number of para-hydroxylation sites is 2. The average molecular weight is 340 g/mol. The van der Waals surface area contributed by atoms with Crippen molar-refractivity contribution in [3.8, 4) is 5.75 Å². The Kier molecular flexibility index (Phi) is 4.45. The molecular weight excluding hydrogens is 320 g/mol. The molecular formula is C15H20N2O5S. The molecule has 1 fully saturated rings. The van der Waals surface area contributed by atoms with Crippen LogP contribution in [0, 0.1) is 0 Å². The quantitative estimate of drug-likeness (QED) is 0.863. The van der Waals surface area contributed by atoms with E-state index in [9.17, 15) is 13.2 Å². The summed E-state index contributed by atoms with van der Waals surface area (Å²) < 4.78 is 36.4. The van der Waals surface area contributed by atoms with Gasteiger partial charge in [-0.1, -0.05) is 12.1 Å². The van der Waals surface area contributed by atoms with Crippen molar-refractivity contribution in [2.24, 2.45) is 0 Å². The maximum absolute atomic E-state index is 12.3. The predicted octanol–water partition coefficient (Wildman–Crippen LogP) is 0.509. The van der Waals surface area contributed by atoms with Crippen molar-refractivity contribution >= 4 is 21.6 Å². The van der Waals surface area contributed by atoms with Crippen LogP contribution >= 0.6 is 0 Å². The highest BCUT2D eigenvalue weighted by molar-refractivity contribution is 7.92. The van der Waals surface area contributed by atoms with Crippen molar-refractivity contribution in [2.45, 2.75) is 25.0 Å². The number of carbonyl (C=O) groups excluding carboxylic acids is 1. The highest BCUT2D eigenvalue weighted by Crippen LogP contribution is 2.34. The molecule has 3 rings (SSSR count). The van der Waals surface area contributed by atoms with Gasteiger partial charge in [-0.15, -0.1) is 0 Å². The lowest BCUT2D eigenvalue weighted by Gasteiger charge is -2.34. The van der Waals surface area contributed by atoms with Crippen molar-refractivity contribution in [1.82, 2.24) is 5.32 Å². The van der Waals surface area contributed by atoms with Gasteiger partial charge < -0.3 is 14.8 Å². The van der Waals surface area contributed by atoms with E-state index in [2.05, 4.69) is 5.32 Å². The SMILES string of the molecule is CS(=O)(=O)N1C[C@@H](C(=O)NC[C@@H]2CCCO2)Oc2ccccc21. The van der Waals surface area contributed by atoms with E-state index in [4.69, 9.17) is 9.47 Å². The van der Waals surface area contributed by atoms with E-state index in [0.717, 1.165) is 25.7 Å². The Balaban J connectivity index is 1.73. The molecule has 8 heteroatoms. The minimum atomic E-state index is -3.49. The molecule has 1 saturated heterocycles. The lowest BCUT2D eigenvalue weighted by atomic mass is 10.2. The van der Waals surface area contributed by atoms with Crippen LogP contribution in [0.5, 0.6) is 5.75 Å². The average Bonchev–Trinajstić information content (AvgIpc) is 3.04. The van der Waals surface area contributed by atoms with Crippen LogP contribution in [0.2, 0.25) is 0 Å². The third kappa shape index (κ3) is 3.59. The fourth-order valence-electron chi connectivity index (χ4n) is 2.79. The van der Waals surface area contributed by atoms with Crippen LogP contribution in [-0.4, -0.2) is 52.5 Å². The standard InChI is InChI=1S/C15H20N2O5S/c1-23(19,20)17-10-14(22-13-7-3-2-6-12(13)17)15(18)16-9-11-5-4-8-21-11/h2-3,6-7,11,14H,4-5,8-10H2,1H3,(H,16,18)/t11-,14-/m0/s1. The fourth-order valence-corrected chi connectivity index (χ4v) is 3.70. The molecule has 0 saturated carbocycles. The molecule has 1 amide bonds. The molecule has 23 heavy (non-hydrogen) atoms. The zero-order chi connectivity index (χ0) is 16.4. The summed E-state index contributed by atoms with van der Waals surface area (Å²) >= 11 is 0. The maximum atomic E-state index is 12.3. The number of hydrogen-bond acceptors (Lipinski definition) is 5. The number of sulfonamides is 1. The lowest BCUT2D eigenvalue weighted by Crippen LogP contribution is -2.51. The first-order valence-corrected chi connectivity index (χ1v) is 9.42. The van der Waals surface area contributed by atoms with Crippen LogP contribution in [0.3, 0.4) is 0 Å². The van der Waals surface area contributed by atoms with Gasteiger partial charge in [0, 0.05) is 13.2 Å². The molecule has 1 aromatic rings. The van der Waals surface area contributed by atoms with Crippen LogP contribution in [0.15, 0.2) is 24.3 Å². The van der Waals surface area contributed by atoms with Crippen LogP contribution < -0.4 is 14.4 Å². The topological polar surface area (TPSA) is 84.9 Å². The first-order valence-electron chi connectivity index (χ1n) is 7.58. The van der Waals surface area contributed by atoms with Crippen LogP contribution in [0.1, 0.15) is 12.8 Å². The van der Waals surface area contributed by atoms with E-state index < -0.39 is 16.1 Å². The number of nitrogens with zero attached hydrogens (tertiary/aromatic N) is 1. The van der Waals surface area contributed by atoms with Crippen molar-refractivity contribution in [1.29, 1.82) is 0 Å². The molecule has 2 heterocycles. The van der Waals surface area contributed by atoms with Gasteiger partial charge in [-0.05, 0) is 25.0 Å². The second-order valence-corrected chi connectivity index (χ2v) is 7.66. The monoisotopic (exact) mass is 340 g/mol. The smallest absolute Gasteiger partial charge is 0.263 e. The largest absolute Gasteiger partial charge is 0.476 e. The molecule has 2 atom stereocenters. The Morgan fingerprint density at radius 3 is 2.87 bits per heavy atom. The van der Waals surface area contributed by atoms with Gasteiger partial charge in [-0.3, -0.25) is 9.10 Å². The van der Waals surface area contributed by atoms with Crippen molar-refractivity contribution in [3.63, 3.8) is 0 Å². The highest BCUT2D eigenvalue weighted by Gasteiger charge is 2.35. The van der Waals surface area contributed by atoms with Crippen LogP contribution in [0.25, 0.3) is 0 Å². The molecule has 126 valence electrons. The summed E-state index contributed by atoms with van der Waals surface area (Å²) in [6.45, 7) is 1.10. The van der Waals surface area contributed by atoms with Gasteiger partial charge in [0.2, 0.25) is 10.0 Å². The summed E-state index contributed by atoms with van der Waals surface area (Å²) in [6, 6.07) is 6.80. The van der Waals surface area contributed by atoms with E-state index in [0.29, 0.717) is 18.0 Å². The number of nitrogens with one attached hydrogen (secondary N) is 1. The summed E-state index contributed by atoms with van der Waals surface area (Å²) in [6.07, 6.45) is 2.19. The summed E-state index contributed by atoms with van der Waals surface area (Å²) in [4.78, 5) is 12.3. The molecule has 1 N–H and O–H groups in total. The summed E-state index contributed by atoms with van der Waals surface area (Å²) in [5, 5.41) is 2.79. The Morgan fingerprint density at radius 2 is 2.17 bits per heavy atom. The Morgan fingerprint density at radius 1 is 1.39 bits per heavy atom. The number of amides is 1. The third-order valence-electron chi connectivity index (χ3n) is 3.96. The molecule has 0 aromatic heterocycles. The fraction of sp³-hybridized carbons (Fsp3) is 0.533. The van der Waals surface area contributed by atoms with E-state index in [-0.39, 0.29) is 18.6 Å². The van der Waals surface area contributed by atoms with Crippen LogP contribution in [-0.2, 0) is 19.6 Å². The normalized spacial score (nSPS) is 24.0. The molecule has 0 aliphatic carbocycles. The van der Waals surface area contributed by atoms with E-state index in [1.54, 1.807) is 24.3 Å². The van der Waals surface area contributed by atoms with Gasteiger partial charge in [-0.25, -0.2) is 8.42 Å².